The Morgan fingerprint density at radius 1 is 1.28 bits per heavy atom. The van der Waals surface area contributed by atoms with Crippen LogP contribution in [0.15, 0.2) is 30.3 Å². The number of nitrogens with two attached hydrogens (primary N) is 1. The summed E-state index contributed by atoms with van der Waals surface area (Å²) in [5.41, 5.74) is 11.6. The van der Waals surface area contributed by atoms with Gasteiger partial charge in [0.05, 0.1) is 11.2 Å². The van der Waals surface area contributed by atoms with Gasteiger partial charge in [-0.1, -0.05) is 18.2 Å². The summed E-state index contributed by atoms with van der Waals surface area (Å²) in [4.78, 5) is 3.46. The van der Waals surface area contributed by atoms with Crippen molar-refractivity contribution in [1.82, 2.24) is 4.98 Å². The first kappa shape index (κ1) is 11.0. The lowest BCUT2D eigenvalue weighted by Crippen LogP contribution is -2.00. The Labute approximate surface area is 106 Å². The van der Waals surface area contributed by atoms with E-state index in [1.54, 1.807) is 0 Å². The Balaban J connectivity index is 2.49. The highest BCUT2D eigenvalue weighted by Gasteiger charge is 2.12. The molecule has 0 aliphatic heterocycles. The van der Waals surface area contributed by atoms with Crippen molar-refractivity contribution in [3.05, 3.63) is 35.9 Å². The number of nitrogens with one attached hydrogen (secondary N) is 2. The van der Waals surface area contributed by atoms with Crippen molar-refractivity contribution in [2.75, 3.05) is 17.6 Å². The number of aryl methyl sites for hydroxylation is 1. The number of H-pyrrole nitrogens is 1. The van der Waals surface area contributed by atoms with E-state index in [9.17, 15) is 0 Å². The van der Waals surface area contributed by atoms with Crippen molar-refractivity contribution in [2.45, 2.75) is 13.8 Å². The van der Waals surface area contributed by atoms with Crippen LogP contribution in [0.3, 0.4) is 0 Å². The number of nitrogen functional groups attached to an aromatic ring is 1. The minimum Gasteiger partial charge on any atom is -0.398 e. The second kappa shape index (κ2) is 3.95. The third kappa shape index (κ3) is 1.44. The maximum absolute atomic E-state index is 6.25. The lowest BCUT2D eigenvalue weighted by molar-refractivity contribution is 1.21. The first-order valence-corrected chi connectivity index (χ1v) is 6.25. The molecule has 0 aliphatic carbocycles. The molecule has 2 aromatic carbocycles. The zero-order valence-electron chi connectivity index (χ0n) is 10.7. The molecule has 18 heavy (non-hydrogen) atoms. The van der Waals surface area contributed by atoms with E-state index in [2.05, 4.69) is 42.3 Å². The Morgan fingerprint density at radius 3 is 2.83 bits per heavy atom. The van der Waals surface area contributed by atoms with Crippen LogP contribution in [0.5, 0.6) is 0 Å². The average Bonchev–Trinajstić information content (AvgIpc) is 2.75. The fourth-order valence-corrected chi connectivity index (χ4v) is 2.52. The van der Waals surface area contributed by atoms with Crippen LogP contribution < -0.4 is 11.1 Å². The number of benzene rings is 2. The molecule has 0 aliphatic rings. The highest BCUT2D eigenvalue weighted by atomic mass is 14.9. The van der Waals surface area contributed by atoms with Gasteiger partial charge in [-0.3, -0.25) is 0 Å². The molecule has 0 spiro atoms. The van der Waals surface area contributed by atoms with Gasteiger partial charge in [-0.2, -0.15) is 0 Å². The minimum absolute atomic E-state index is 0.865. The molecule has 0 atom stereocenters. The van der Waals surface area contributed by atoms with Crippen molar-refractivity contribution < 1.29 is 0 Å². The van der Waals surface area contributed by atoms with Crippen molar-refractivity contribution in [1.29, 1.82) is 0 Å². The first-order valence-electron chi connectivity index (χ1n) is 6.25. The van der Waals surface area contributed by atoms with Crippen molar-refractivity contribution in [3.8, 4) is 0 Å². The van der Waals surface area contributed by atoms with Crippen LogP contribution in [0.2, 0.25) is 0 Å². The monoisotopic (exact) mass is 239 g/mol. The number of para-hydroxylation sites is 1. The zero-order valence-corrected chi connectivity index (χ0v) is 10.7. The second-order valence-electron chi connectivity index (χ2n) is 4.61. The van der Waals surface area contributed by atoms with Crippen LogP contribution in [0.1, 0.15) is 12.5 Å². The largest absolute Gasteiger partial charge is 0.398 e. The van der Waals surface area contributed by atoms with Crippen LogP contribution in [-0.4, -0.2) is 11.5 Å². The highest BCUT2D eigenvalue weighted by molar-refractivity contribution is 6.17. The molecule has 1 heterocycles. The van der Waals surface area contributed by atoms with Gasteiger partial charge in [0, 0.05) is 28.5 Å². The molecule has 3 rings (SSSR count). The van der Waals surface area contributed by atoms with Gasteiger partial charge in [0.25, 0.3) is 0 Å². The fourth-order valence-electron chi connectivity index (χ4n) is 2.52. The van der Waals surface area contributed by atoms with Crippen LogP contribution in [0, 0.1) is 6.92 Å². The lowest BCUT2D eigenvalue weighted by atomic mass is 10.1. The minimum atomic E-state index is 0.865. The van der Waals surface area contributed by atoms with Crippen LogP contribution in [0.25, 0.3) is 21.8 Å². The van der Waals surface area contributed by atoms with Crippen LogP contribution in [0.4, 0.5) is 11.4 Å². The lowest BCUT2D eigenvalue weighted by Gasteiger charge is -2.09. The Hall–Kier alpha value is -2.16. The van der Waals surface area contributed by atoms with Gasteiger partial charge in [-0.25, -0.2) is 0 Å². The standard InChI is InChI=1S/C15H17N3/c1-3-17-12-8-9(2)14(16)13-10-6-4-5-7-11(10)18-15(12)13/h4-8,17-18H,3,16H2,1-2H3. The molecular formula is C15H17N3. The number of fused-ring (bicyclic) bond motifs is 3. The summed E-state index contributed by atoms with van der Waals surface area (Å²) in [5, 5.41) is 5.71. The third-order valence-electron chi connectivity index (χ3n) is 3.40. The molecule has 3 aromatic rings. The second-order valence-corrected chi connectivity index (χ2v) is 4.61. The number of aromatic amines is 1. The molecule has 1 aromatic heterocycles. The van der Waals surface area contributed by atoms with E-state index in [0.29, 0.717) is 0 Å². The van der Waals surface area contributed by atoms with Gasteiger partial charge >= 0.3 is 0 Å². The molecular weight excluding hydrogens is 222 g/mol. The summed E-state index contributed by atoms with van der Waals surface area (Å²) in [6.45, 7) is 5.05. The Morgan fingerprint density at radius 2 is 2.06 bits per heavy atom. The van der Waals surface area contributed by atoms with E-state index in [1.807, 2.05) is 12.1 Å². The fraction of sp³-hybridized carbons (Fsp3) is 0.200. The van der Waals surface area contributed by atoms with Crippen LogP contribution >= 0.6 is 0 Å². The number of hydrogen-bond acceptors (Lipinski definition) is 2. The van der Waals surface area contributed by atoms with Crippen molar-refractivity contribution >= 4 is 33.2 Å². The smallest absolute Gasteiger partial charge is 0.0721 e. The van der Waals surface area contributed by atoms with Gasteiger partial charge in [0.1, 0.15) is 0 Å². The summed E-state index contributed by atoms with van der Waals surface area (Å²) in [6, 6.07) is 10.4. The van der Waals surface area contributed by atoms with E-state index < -0.39 is 0 Å². The molecule has 0 saturated carbocycles. The molecule has 0 amide bonds. The van der Waals surface area contributed by atoms with Gasteiger partial charge in [-0.05, 0) is 31.5 Å². The van der Waals surface area contributed by atoms with Crippen molar-refractivity contribution in [3.63, 3.8) is 0 Å². The highest BCUT2D eigenvalue weighted by Crippen LogP contribution is 2.36. The van der Waals surface area contributed by atoms with E-state index in [0.717, 1.165) is 39.9 Å². The average molecular weight is 239 g/mol. The van der Waals surface area contributed by atoms with Gasteiger partial charge in [-0.15, -0.1) is 0 Å². The Kier molecular flexibility index (Phi) is 2.40. The van der Waals surface area contributed by atoms with Gasteiger partial charge in [0.2, 0.25) is 0 Å². The van der Waals surface area contributed by atoms with Gasteiger partial charge in [0.15, 0.2) is 0 Å². The molecule has 3 heteroatoms. The number of rotatable bonds is 2. The topological polar surface area (TPSA) is 53.8 Å². The summed E-state index contributed by atoms with van der Waals surface area (Å²) in [6.07, 6.45) is 0. The maximum Gasteiger partial charge on any atom is 0.0721 e. The molecule has 0 fully saturated rings. The zero-order chi connectivity index (χ0) is 12.7. The van der Waals surface area contributed by atoms with Crippen LogP contribution in [-0.2, 0) is 0 Å². The van der Waals surface area contributed by atoms with E-state index in [4.69, 9.17) is 5.73 Å². The Bertz CT molecular complexity index is 725. The predicted octanol–water partition coefficient (Wildman–Crippen LogP) is 3.64. The SMILES string of the molecule is CCNc1cc(C)c(N)c2c1[nH]c1ccccc12. The molecule has 4 N–H and O–H groups in total. The third-order valence-corrected chi connectivity index (χ3v) is 3.40. The number of aromatic nitrogens is 1. The molecule has 3 nitrogen and oxygen atoms in total. The molecule has 0 unspecified atom stereocenters. The van der Waals surface area contributed by atoms with E-state index >= 15 is 0 Å². The first-order chi connectivity index (χ1) is 8.72. The summed E-state index contributed by atoms with van der Waals surface area (Å²) < 4.78 is 0. The molecule has 0 radical (unpaired) electrons. The predicted molar refractivity (Wildman–Crippen MR) is 79.1 cm³/mol. The molecule has 0 saturated heterocycles. The summed E-state index contributed by atoms with van der Waals surface area (Å²) in [7, 11) is 0. The quantitative estimate of drug-likeness (QED) is 0.598. The van der Waals surface area contributed by atoms with E-state index in [-0.39, 0.29) is 0 Å². The summed E-state index contributed by atoms with van der Waals surface area (Å²) >= 11 is 0. The maximum atomic E-state index is 6.25. The van der Waals surface area contributed by atoms with E-state index in [1.165, 1.54) is 5.39 Å². The number of hydrogen-bond donors (Lipinski definition) is 3. The normalized spacial score (nSPS) is 11.2. The summed E-state index contributed by atoms with van der Waals surface area (Å²) in [5.74, 6) is 0. The van der Waals surface area contributed by atoms with Gasteiger partial charge < -0.3 is 16.0 Å². The number of anilines is 2. The molecule has 92 valence electrons. The van der Waals surface area contributed by atoms with Crippen molar-refractivity contribution in [2.24, 2.45) is 0 Å². The molecule has 0 bridgehead atoms.